The number of fused-ring (bicyclic) bond motifs is 1. The molecule has 0 bridgehead atoms. The number of imidazole rings is 1. The number of aromatic nitrogens is 2. The molecule has 2 aromatic rings. The summed E-state index contributed by atoms with van der Waals surface area (Å²) in [5.41, 5.74) is 2.29. The van der Waals surface area contributed by atoms with Gasteiger partial charge in [-0.05, 0) is 53.9 Å². The Hall–Kier alpha value is -0.870. The van der Waals surface area contributed by atoms with E-state index in [9.17, 15) is 0 Å². The first-order chi connectivity index (χ1) is 8.65. The fourth-order valence-corrected chi connectivity index (χ4v) is 3.06. The molecule has 0 aliphatic carbocycles. The van der Waals surface area contributed by atoms with Crippen LogP contribution in [0.4, 0.5) is 0 Å². The summed E-state index contributed by atoms with van der Waals surface area (Å²) in [4.78, 5) is 7.01. The van der Waals surface area contributed by atoms with Gasteiger partial charge in [-0.25, -0.2) is 4.98 Å². The van der Waals surface area contributed by atoms with Crippen LogP contribution in [0.1, 0.15) is 26.0 Å². The van der Waals surface area contributed by atoms with E-state index in [1.807, 2.05) is 18.3 Å². The van der Waals surface area contributed by atoms with Gasteiger partial charge in [0, 0.05) is 23.3 Å². The average molecular weight is 308 g/mol. The summed E-state index contributed by atoms with van der Waals surface area (Å²) in [6.07, 6.45) is 5.40. The molecule has 1 fully saturated rings. The number of pyridine rings is 1. The van der Waals surface area contributed by atoms with E-state index in [1.165, 1.54) is 18.7 Å². The molecular formula is C14H18BrN3. The maximum absolute atomic E-state index is 4.46. The number of nitrogens with zero attached hydrogens (tertiary/aromatic N) is 3. The van der Waals surface area contributed by atoms with Gasteiger partial charge in [0.1, 0.15) is 5.65 Å². The quantitative estimate of drug-likeness (QED) is 0.848. The van der Waals surface area contributed by atoms with Crippen molar-refractivity contribution in [3.05, 3.63) is 34.7 Å². The smallest absolute Gasteiger partial charge is 0.136 e. The lowest BCUT2D eigenvalue weighted by Crippen LogP contribution is -2.29. The Bertz CT molecular complexity index is 563. The summed E-state index contributed by atoms with van der Waals surface area (Å²) in [5.74, 6) is 0.802. The standard InChI is InChI=1S/C14H18BrN3/c1-10-5-6-17(11(10)2)9-13-7-16-14-4-3-12(15)8-18(13)14/h3-4,7-8,10-11H,5-6,9H2,1-2H3/t10-,11+/m1/s1. The van der Waals surface area contributed by atoms with Crippen LogP contribution in [0.25, 0.3) is 5.65 Å². The summed E-state index contributed by atoms with van der Waals surface area (Å²) in [5, 5.41) is 0. The second-order valence-corrected chi connectivity index (χ2v) is 6.22. The minimum Gasteiger partial charge on any atom is -0.302 e. The molecule has 0 saturated carbocycles. The van der Waals surface area contributed by atoms with Gasteiger partial charge in [-0.3, -0.25) is 4.90 Å². The Kier molecular flexibility index (Phi) is 3.16. The van der Waals surface area contributed by atoms with Crippen LogP contribution < -0.4 is 0 Å². The molecule has 1 saturated heterocycles. The van der Waals surface area contributed by atoms with Gasteiger partial charge in [-0.2, -0.15) is 0 Å². The first kappa shape index (κ1) is 12.2. The van der Waals surface area contributed by atoms with Gasteiger partial charge in [-0.1, -0.05) is 6.92 Å². The number of halogens is 1. The van der Waals surface area contributed by atoms with Crippen molar-refractivity contribution < 1.29 is 0 Å². The third-order valence-electron chi connectivity index (χ3n) is 4.18. The number of hydrogen-bond donors (Lipinski definition) is 0. The van der Waals surface area contributed by atoms with Crippen molar-refractivity contribution in [3.63, 3.8) is 0 Å². The maximum atomic E-state index is 4.46. The van der Waals surface area contributed by atoms with Gasteiger partial charge >= 0.3 is 0 Å². The summed E-state index contributed by atoms with van der Waals surface area (Å²) < 4.78 is 3.27. The highest BCUT2D eigenvalue weighted by Gasteiger charge is 2.27. The largest absolute Gasteiger partial charge is 0.302 e. The maximum Gasteiger partial charge on any atom is 0.136 e. The molecule has 1 aliphatic heterocycles. The van der Waals surface area contributed by atoms with E-state index in [0.29, 0.717) is 6.04 Å². The van der Waals surface area contributed by atoms with Crippen molar-refractivity contribution in [1.29, 1.82) is 0 Å². The van der Waals surface area contributed by atoms with Crippen LogP contribution in [0.3, 0.4) is 0 Å². The minimum absolute atomic E-state index is 0.669. The lowest BCUT2D eigenvalue weighted by atomic mass is 10.1. The van der Waals surface area contributed by atoms with E-state index in [-0.39, 0.29) is 0 Å². The monoisotopic (exact) mass is 307 g/mol. The lowest BCUT2D eigenvalue weighted by Gasteiger charge is -2.22. The molecule has 0 aromatic carbocycles. The molecule has 3 nitrogen and oxygen atoms in total. The first-order valence-electron chi connectivity index (χ1n) is 6.50. The SMILES string of the molecule is C[C@@H]1CCN(Cc2cnc3ccc(Br)cn23)[C@H]1C. The fourth-order valence-electron chi connectivity index (χ4n) is 2.73. The molecule has 0 amide bonds. The van der Waals surface area contributed by atoms with Crippen LogP contribution in [0.15, 0.2) is 29.0 Å². The third kappa shape index (κ3) is 2.08. The first-order valence-corrected chi connectivity index (χ1v) is 7.30. The van der Waals surface area contributed by atoms with Crippen LogP contribution in [-0.4, -0.2) is 26.9 Å². The zero-order chi connectivity index (χ0) is 12.7. The Labute approximate surface area is 116 Å². The summed E-state index contributed by atoms with van der Waals surface area (Å²) >= 11 is 3.52. The highest BCUT2D eigenvalue weighted by molar-refractivity contribution is 9.10. The van der Waals surface area contributed by atoms with Crippen molar-refractivity contribution in [2.24, 2.45) is 5.92 Å². The van der Waals surface area contributed by atoms with E-state index < -0.39 is 0 Å². The van der Waals surface area contributed by atoms with E-state index in [1.54, 1.807) is 0 Å². The molecule has 1 aliphatic rings. The molecule has 0 spiro atoms. The molecule has 0 N–H and O–H groups in total. The molecule has 3 rings (SSSR count). The van der Waals surface area contributed by atoms with Crippen LogP contribution in [0.5, 0.6) is 0 Å². The number of rotatable bonds is 2. The van der Waals surface area contributed by atoms with Crippen molar-refractivity contribution in [1.82, 2.24) is 14.3 Å². The molecule has 2 aromatic heterocycles. The van der Waals surface area contributed by atoms with Gasteiger partial charge in [0.2, 0.25) is 0 Å². The van der Waals surface area contributed by atoms with Crippen LogP contribution >= 0.6 is 15.9 Å². The normalized spacial score (nSPS) is 25.1. The molecular weight excluding hydrogens is 290 g/mol. The van der Waals surface area contributed by atoms with Crippen molar-refractivity contribution in [2.45, 2.75) is 32.9 Å². The summed E-state index contributed by atoms with van der Waals surface area (Å²) in [6.45, 7) is 6.86. The fraction of sp³-hybridized carbons (Fsp3) is 0.500. The molecule has 3 heterocycles. The Morgan fingerprint density at radius 3 is 2.94 bits per heavy atom. The van der Waals surface area contributed by atoms with E-state index >= 15 is 0 Å². The highest BCUT2D eigenvalue weighted by atomic mass is 79.9. The number of hydrogen-bond acceptors (Lipinski definition) is 2. The summed E-state index contributed by atoms with van der Waals surface area (Å²) in [7, 11) is 0. The Morgan fingerprint density at radius 2 is 2.22 bits per heavy atom. The molecule has 2 atom stereocenters. The Balaban J connectivity index is 1.89. The summed E-state index contributed by atoms with van der Waals surface area (Å²) in [6, 6.07) is 4.75. The van der Waals surface area contributed by atoms with E-state index in [0.717, 1.165) is 22.6 Å². The topological polar surface area (TPSA) is 20.5 Å². The van der Waals surface area contributed by atoms with Gasteiger partial charge < -0.3 is 4.40 Å². The third-order valence-corrected chi connectivity index (χ3v) is 4.65. The Morgan fingerprint density at radius 1 is 1.39 bits per heavy atom. The van der Waals surface area contributed by atoms with Crippen molar-refractivity contribution in [2.75, 3.05) is 6.54 Å². The predicted molar refractivity (Wildman–Crippen MR) is 76.5 cm³/mol. The van der Waals surface area contributed by atoms with Gasteiger partial charge in [0.15, 0.2) is 0 Å². The van der Waals surface area contributed by atoms with Crippen molar-refractivity contribution >= 4 is 21.6 Å². The molecule has 0 radical (unpaired) electrons. The predicted octanol–water partition coefficient (Wildman–Crippen LogP) is 3.33. The number of likely N-dealkylation sites (tertiary alicyclic amines) is 1. The lowest BCUT2D eigenvalue weighted by molar-refractivity contribution is 0.236. The molecule has 4 heteroatoms. The van der Waals surface area contributed by atoms with Crippen molar-refractivity contribution in [3.8, 4) is 0 Å². The highest BCUT2D eigenvalue weighted by Crippen LogP contribution is 2.25. The van der Waals surface area contributed by atoms with Gasteiger partial charge in [0.25, 0.3) is 0 Å². The molecule has 96 valence electrons. The molecule has 18 heavy (non-hydrogen) atoms. The van der Waals surface area contributed by atoms with Gasteiger partial charge in [0.05, 0.1) is 11.9 Å². The second kappa shape index (κ2) is 4.67. The van der Waals surface area contributed by atoms with Crippen LogP contribution in [0.2, 0.25) is 0 Å². The van der Waals surface area contributed by atoms with Gasteiger partial charge in [-0.15, -0.1) is 0 Å². The minimum atomic E-state index is 0.669. The zero-order valence-corrected chi connectivity index (χ0v) is 12.4. The van der Waals surface area contributed by atoms with Crippen LogP contribution in [0, 0.1) is 5.92 Å². The van der Waals surface area contributed by atoms with E-state index in [2.05, 4.69) is 50.3 Å². The second-order valence-electron chi connectivity index (χ2n) is 5.30. The van der Waals surface area contributed by atoms with Crippen LogP contribution in [-0.2, 0) is 6.54 Å². The molecule has 0 unspecified atom stereocenters. The zero-order valence-electron chi connectivity index (χ0n) is 10.8. The van der Waals surface area contributed by atoms with E-state index in [4.69, 9.17) is 0 Å². The average Bonchev–Trinajstić information content (AvgIpc) is 2.88.